The van der Waals surface area contributed by atoms with Crippen molar-refractivity contribution in [3.8, 4) is 5.75 Å². The van der Waals surface area contributed by atoms with E-state index >= 15 is 0 Å². The van der Waals surface area contributed by atoms with Crippen LogP contribution >= 0.6 is 0 Å². The highest BCUT2D eigenvalue weighted by molar-refractivity contribution is 5.89. The van der Waals surface area contributed by atoms with Crippen LogP contribution in [0.15, 0.2) is 78.6 Å². The lowest BCUT2D eigenvalue weighted by molar-refractivity contribution is -0.481. The van der Waals surface area contributed by atoms with Gasteiger partial charge in [-0.15, -0.1) is 0 Å². The van der Waals surface area contributed by atoms with Crippen molar-refractivity contribution in [2.45, 2.75) is 5.92 Å². The minimum atomic E-state index is -0.337. The Kier molecular flexibility index (Phi) is 5.04. The summed E-state index contributed by atoms with van der Waals surface area (Å²) >= 11 is 0. The molecule has 0 aliphatic carbocycles. The molecule has 3 aromatic carbocycles. The number of nitro groups is 1. The van der Waals surface area contributed by atoms with Crippen molar-refractivity contribution in [1.82, 2.24) is 0 Å². The van der Waals surface area contributed by atoms with Crippen LogP contribution < -0.4 is 9.64 Å². The monoisotopic (exact) mass is 386 g/mol. The summed E-state index contributed by atoms with van der Waals surface area (Å²) in [6, 6.07) is 20.0. The molecule has 0 aromatic heterocycles. The van der Waals surface area contributed by atoms with Crippen LogP contribution in [0.4, 0.5) is 5.69 Å². The molecule has 0 saturated heterocycles. The van der Waals surface area contributed by atoms with E-state index in [2.05, 4.69) is 0 Å². The fraction of sp³-hybridized carbons (Fsp3) is 0.167. The van der Waals surface area contributed by atoms with Crippen LogP contribution in [-0.4, -0.2) is 25.6 Å². The first-order valence-electron chi connectivity index (χ1n) is 9.50. The fourth-order valence-electron chi connectivity index (χ4n) is 3.65. The first-order valence-corrected chi connectivity index (χ1v) is 9.50. The van der Waals surface area contributed by atoms with Crippen molar-refractivity contribution in [2.75, 3.05) is 25.5 Å². The standard InChI is InChI=1S/C24H22N2O3/c1-25(2)20-11-7-17(8-12-20)9-13-21-15-19(16-26(27)28)24-22-6-4-3-5-18(22)10-14-23(24)29-21/h3-15,19H,16H2,1-2H3/b13-9+. The fourth-order valence-corrected chi connectivity index (χ4v) is 3.65. The third-order valence-corrected chi connectivity index (χ3v) is 5.09. The Morgan fingerprint density at radius 2 is 1.79 bits per heavy atom. The average molecular weight is 386 g/mol. The van der Waals surface area contributed by atoms with Crippen LogP contribution in [0, 0.1) is 10.1 Å². The van der Waals surface area contributed by atoms with E-state index in [0.29, 0.717) is 11.5 Å². The molecule has 0 amide bonds. The first-order chi connectivity index (χ1) is 14.0. The van der Waals surface area contributed by atoms with Crippen LogP contribution in [-0.2, 0) is 0 Å². The molecule has 1 atom stereocenters. The van der Waals surface area contributed by atoms with Crippen LogP contribution in [0.2, 0.25) is 0 Å². The highest BCUT2D eigenvalue weighted by Gasteiger charge is 2.27. The average Bonchev–Trinajstić information content (AvgIpc) is 2.71. The lowest BCUT2D eigenvalue weighted by Gasteiger charge is -2.23. The number of nitrogens with zero attached hydrogens (tertiary/aromatic N) is 2. The molecule has 1 aliphatic rings. The summed E-state index contributed by atoms with van der Waals surface area (Å²) in [7, 11) is 4.00. The predicted molar refractivity (Wildman–Crippen MR) is 117 cm³/mol. The smallest absolute Gasteiger partial charge is 0.214 e. The van der Waals surface area contributed by atoms with Crippen LogP contribution in [0.5, 0.6) is 5.75 Å². The molecule has 0 spiro atoms. The molecule has 0 saturated carbocycles. The number of hydrogen-bond acceptors (Lipinski definition) is 4. The maximum absolute atomic E-state index is 11.3. The van der Waals surface area contributed by atoms with E-state index in [9.17, 15) is 10.1 Å². The van der Waals surface area contributed by atoms with Gasteiger partial charge in [0.2, 0.25) is 6.54 Å². The van der Waals surface area contributed by atoms with Gasteiger partial charge in [0.15, 0.2) is 0 Å². The van der Waals surface area contributed by atoms with E-state index in [-0.39, 0.29) is 17.4 Å². The molecular weight excluding hydrogens is 364 g/mol. The van der Waals surface area contributed by atoms with Crippen molar-refractivity contribution in [3.05, 3.63) is 99.8 Å². The highest BCUT2D eigenvalue weighted by atomic mass is 16.6. The minimum Gasteiger partial charge on any atom is -0.457 e. The quantitative estimate of drug-likeness (QED) is 0.444. The molecule has 3 aromatic rings. The second kappa shape index (κ2) is 7.80. The van der Waals surface area contributed by atoms with Gasteiger partial charge >= 0.3 is 0 Å². The molecule has 29 heavy (non-hydrogen) atoms. The summed E-state index contributed by atoms with van der Waals surface area (Å²) in [5.41, 5.74) is 3.05. The van der Waals surface area contributed by atoms with Gasteiger partial charge < -0.3 is 9.64 Å². The van der Waals surface area contributed by atoms with Crippen molar-refractivity contribution < 1.29 is 9.66 Å². The molecule has 0 bridgehead atoms. The van der Waals surface area contributed by atoms with Gasteiger partial charge in [0.1, 0.15) is 11.5 Å². The van der Waals surface area contributed by atoms with E-state index in [1.807, 2.05) is 97.9 Å². The molecule has 1 heterocycles. The highest BCUT2D eigenvalue weighted by Crippen LogP contribution is 2.40. The van der Waals surface area contributed by atoms with Gasteiger partial charge in [-0.05, 0) is 46.7 Å². The van der Waals surface area contributed by atoms with E-state index in [1.54, 1.807) is 0 Å². The second-order valence-corrected chi connectivity index (χ2v) is 7.31. The minimum absolute atomic E-state index is 0.167. The van der Waals surface area contributed by atoms with Crippen LogP contribution in [0.3, 0.4) is 0 Å². The zero-order valence-corrected chi connectivity index (χ0v) is 16.4. The lowest BCUT2D eigenvalue weighted by Crippen LogP contribution is -2.17. The number of hydrogen-bond donors (Lipinski definition) is 0. The lowest BCUT2D eigenvalue weighted by atomic mass is 9.90. The largest absolute Gasteiger partial charge is 0.457 e. The Labute approximate surface area is 169 Å². The van der Waals surface area contributed by atoms with Crippen molar-refractivity contribution in [2.24, 2.45) is 0 Å². The van der Waals surface area contributed by atoms with E-state index in [4.69, 9.17) is 4.74 Å². The van der Waals surface area contributed by atoms with Crippen molar-refractivity contribution >= 4 is 22.5 Å². The first kappa shape index (κ1) is 18.7. The molecule has 1 unspecified atom stereocenters. The van der Waals surface area contributed by atoms with Crippen LogP contribution in [0.1, 0.15) is 17.0 Å². The van der Waals surface area contributed by atoms with E-state index in [0.717, 1.165) is 27.6 Å². The van der Waals surface area contributed by atoms with Gasteiger partial charge in [0.05, 0.1) is 5.92 Å². The van der Waals surface area contributed by atoms with Crippen LogP contribution in [0.25, 0.3) is 16.8 Å². The topological polar surface area (TPSA) is 55.6 Å². The van der Waals surface area contributed by atoms with Gasteiger partial charge in [-0.25, -0.2) is 0 Å². The number of rotatable bonds is 5. The van der Waals surface area contributed by atoms with Gasteiger partial charge in [-0.1, -0.05) is 48.5 Å². The Balaban J connectivity index is 1.67. The molecule has 0 fully saturated rings. The summed E-state index contributed by atoms with van der Waals surface area (Å²) in [5.74, 6) is 0.965. The molecule has 146 valence electrons. The zero-order chi connectivity index (χ0) is 20.4. The summed E-state index contributed by atoms with van der Waals surface area (Å²) < 4.78 is 6.08. The summed E-state index contributed by atoms with van der Waals surface area (Å²) in [6.07, 6.45) is 5.68. The number of anilines is 1. The molecule has 0 N–H and O–H groups in total. The Bertz CT molecular complexity index is 1110. The second-order valence-electron chi connectivity index (χ2n) is 7.31. The van der Waals surface area contributed by atoms with Gasteiger partial charge in [0.25, 0.3) is 0 Å². The predicted octanol–water partition coefficient (Wildman–Crippen LogP) is 5.26. The van der Waals surface area contributed by atoms with E-state index < -0.39 is 0 Å². The molecular formula is C24H22N2O3. The van der Waals surface area contributed by atoms with Gasteiger partial charge in [-0.2, -0.15) is 0 Å². The van der Waals surface area contributed by atoms with Crippen molar-refractivity contribution in [3.63, 3.8) is 0 Å². The number of allylic oxidation sites excluding steroid dienone is 1. The number of fused-ring (bicyclic) bond motifs is 3. The third-order valence-electron chi connectivity index (χ3n) is 5.09. The molecule has 1 aliphatic heterocycles. The Morgan fingerprint density at radius 3 is 2.52 bits per heavy atom. The Morgan fingerprint density at radius 1 is 1.03 bits per heavy atom. The summed E-state index contributed by atoms with van der Waals surface area (Å²) in [5, 5.41) is 13.3. The third kappa shape index (κ3) is 3.99. The van der Waals surface area contributed by atoms with Crippen molar-refractivity contribution in [1.29, 1.82) is 0 Å². The SMILES string of the molecule is CN(C)c1ccc(/C=C/C2=CC(C[N+](=O)[O-])c3c(ccc4ccccc34)O2)cc1. The van der Waals surface area contributed by atoms with Gasteiger partial charge in [-0.3, -0.25) is 10.1 Å². The Hall–Kier alpha value is -3.60. The number of benzene rings is 3. The maximum atomic E-state index is 11.3. The molecule has 5 nitrogen and oxygen atoms in total. The molecule has 0 radical (unpaired) electrons. The summed E-state index contributed by atoms with van der Waals surface area (Å²) in [6.45, 7) is -0.167. The van der Waals surface area contributed by atoms with Gasteiger partial charge in [0, 0.05) is 30.3 Å². The summed E-state index contributed by atoms with van der Waals surface area (Å²) in [4.78, 5) is 13.1. The zero-order valence-electron chi connectivity index (χ0n) is 16.4. The number of ether oxygens (including phenoxy) is 1. The van der Waals surface area contributed by atoms with E-state index in [1.165, 1.54) is 0 Å². The molecule has 4 rings (SSSR count). The normalized spacial score (nSPS) is 15.7. The molecule has 5 heteroatoms. The maximum Gasteiger partial charge on any atom is 0.214 e.